The minimum absolute atomic E-state index is 0.780. The first kappa shape index (κ1) is 17.3. The van der Waals surface area contributed by atoms with E-state index in [4.69, 9.17) is 5.73 Å². The summed E-state index contributed by atoms with van der Waals surface area (Å²) in [4.78, 5) is 0. The first-order valence-electron chi connectivity index (χ1n) is 8.63. The molecule has 122 valence electrons. The fourth-order valence-corrected chi connectivity index (χ4v) is 2.75. The lowest BCUT2D eigenvalue weighted by Crippen LogP contribution is -1.97. The van der Waals surface area contributed by atoms with Crippen molar-refractivity contribution in [3.8, 4) is 11.1 Å². The van der Waals surface area contributed by atoms with E-state index in [0.717, 1.165) is 18.0 Å². The molecule has 2 N–H and O–H groups in total. The SMILES string of the molecule is CC(C)=CCCC(C)CCc1ccc(-c2ccc(N)cc2)cc1. The summed E-state index contributed by atoms with van der Waals surface area (Å²) < 4.78 is 0. The van der Waals surface area contributed by atoms with Crippen LogP contribution in [-0.2, 0) is 6.42 Å². The van der Waals surface area contributed by atoms with Crippen LogP contribution in [0.2, 0.25) is 0 Å². The van der Waals surface area contributed by atoms with Crippen LogP contribution in [0.1, 0.15) is 45.6 Å². The summed E-state index contributed by atoms with van der Waals surface area (Å²) in [6.45, 7) is 6.71. The van der Waals surface area contributed by atoms with Gasteiger partial charge in [0.05, 0.1) is 0 Å². The Labute approximate surface area is 141 Å². The monoisotopic (exact) mass is 307 g/mol. The third kappa shape index (κ3) is 5.94. The van der Waals surface area contributed by atoms with Crippen LogP contribution in [0, 0.1) is 5.92 Å². The predicted molar refractivity (Wildman–Crippen MR) is 102 cm³/mol. The van der Waals surface area contributed by atoms with Crippen molar-refractivity contribution in [1.29, 1.82) is 0 Å². The van der Waals surface area contributed by atoms with Gasteiger partial charge in [0.25, 0.3) is 0 Å². The van der Waals surface area contributed by atoms with Gasteiger partial charge in [0, 0.05) is 5.69 Å². The van der Waals surface area contributed by atoms with Crippen LogP contribution >= 0.6 is 0 Å². The third-order valence-corrected chi connectivity index (χ3v) is 4.34. The van der Waals surface area contributed by atoms with Crippen LogP contribution in [0.4, 0.5) is 5.69 Å². The van der Waals surface area contributed by atoms with Gasteiger partial charge in [-0.25, -0.2) is 0 Å². The summed E-state index contributed by atoms with van der Waals surface area (Å²) >= 11 is 0. The summed E-state index contributed by atoms with van der Waals surface area (Å²) in [6, 6.07) is 17.0. The van der Waals surface area contributed by atoms with E-state index in [1.807, 2.05) is 12.1 Å². The fraction of sp³-hybridized carbons (Fsp3) is 0.364. The Morgan fingerprint density at radius 3 is 2.04 bits per heavy atom. The molecule has 0 saturated carbocycles. The van der Waals surface area contributed by atoms with Crippen LogP contribution in [0.5, 0.6) is 0 Å². The summed E-state index contributed by atoms with van der Waals surface area (Å²) in [6.07, 6.45) is 7.27. The molecule has 0 radical (unpaired) electrons. The van der Waals surface area contributed by atoms with Gasteiger partial charge in [-0.2, -0.15) is 0 Å². The summed E-state index contributed by atoms with van der Waals surface area (Å²) in [5, 5.41) is 0. The Kier molecular flexibility index (Phi) is 6.46. The average Bonchev–Trinajstić information content (AvgIpc) is 2.54. The number of anilines is 1. The van der Waals surface area contributed by atoms with Gasteiger partial charge in [-0.3, -0.25) is 0 Å². The van der Waals surface area contributed by atoms with Crippen LogP contribution < -0.4 is 5.73 Å². The summed E-state index contributed by atoms with van der Waals surface area (Å²) in [7, 11) is 0. The molecule has 1 atom stereocenters. The molecular weight excluding hydrogens is 278 g/mol. The molecule has 2 aromatic rings. The van der Waals surface area contributed by atoms with E-state index < -0.39 is 0 Å². The zero-order valence-corrected chi connectivity index (χ0v) is 14.7. The molecule has 1 heteroatoms. The van der Waals surface area contributed by atoms with Gasteiger partial charge in [-0.15, -0.1) is 0 Å². The Morgan fingerprint density at radius 2 is 1.48 bits per heavy atom. The molecule has 0 aliphatic heterocycles. The van der Waals surface area contributed by atoms with E-state index in [0.29, 0.717) is 0 Å². The number of nitrogen functional groups attached to an aromatic ring is 1. The van der Waals surface area contributed by atoms with Gasteiger partial charge < -0.3 is 5.73 Å². The molecule has 0 amide bonds. The van der Waals surface area contributed by atoms with Crippen molar-refractivity contribution in [2.45, 2.75) is 46.5 Å². The maximum atomic E-state index is 5.74. The van der Waals surface area contributed by atoms with Gasteiger partial charge in [-0.05, 0) is 74.3 Å². The predicted octanol–water partition coefficient (Wildman–Crippen LogP) is 6.25. The molecule has 2 aromatic carbocycles. The van der Waals surface area contributed by atoms with Crippen molar-refractivity contribution < 1.29 is 0 Å². The lowest BCUT2D eigenvalue weighted by Gasteiger charge is -2.10. The van der Waals surface area contributed by atoms with Crippen LogP contribution in [0.3, 0.4) is 0 Å². The second-order valence-corrected chi connectivity index (χ2v) is 6.82. The van der Waals surface area contributed by atoms with Crippen molar-refractivity contribution in [2.75, 3.05) is 5.73 Å². The molecule has 0 spiro atoms. The molecule has 1 nitrogen and oxygen atoms in total. The molecular formula is C22H29N. The zero-order valence-electron chi connectivity index (χ0n) is 14.7. The second-order valence-electron chi connectivity index (χ2n) is 6.82. The fourth-order valence-electron chi connectivity index (χ4n) is 2.75. The van der Waals surface area contributed by atoms with E-state index in [1.54, 1.807) is 0 Å². The van der Waals surface area contributed by atoms with E-state index in [1.165, 1.54) is 41.5 Å². The number of hydrogen-bond acceptors (Lipinski definition) is 1. The molecule has 0 aliphatic carbocycles. The number of allylic oxidation sites excluding steroid dienone is 2. The van der Waals surface area contributed by atoms with Crippen molar-refractivity contribution in [1.82, 2.24) is 0 Å². The van der Waals surface area contributed by atoms with E-state index in [9.17, 15) is 0 Å². The van der Waals surface area contributed by atoms with Gasteiger partial charge >= 0.3 is 0 Å². The first-order valence-corrected chi connectivity index (χ1v) is 8.63. The maximum Gasteiger partial charge on any atom is 0.0314 e. The van der Waals surface area contributed by atoms with Crippen molar-refractivity contribution in [2.24, 2.45) is 5.92 Å². The standard InChI is InChI=1S/C22H29N/c1-17(2)5-4-6-18(3)7-8-19-9-11-20(12-10-19)21-13-15-22(23)16-14-21/h5,9-16,18H,4,6-8,23H2,1-3H3. The molecule has 0 saturated heterocycles. The minimum Gasteiger partial charge on any atom is -0.399 e. The highest BCUT2D eigenvalue weighted by Crippen LogP contribution is 2.22. The third-order valence-electron chi connectivity index (χ3n) is 4.34. The molecule has 0 heterocycles. The quantitative estimate of drug-likeness (QED) is 0.475. The Morgan fingerprint density at radius 1 is 0.913 bits per heavy atom. The highest BCUT2D eigenvalue weighted by Gasteiger charge is 2.03. The van der Waals surface area contributed by atoms with E-state index in [-0.39, 0.29) is 0 Å². The largest absolute Gasteiger partial charge is 0.399 e. The number of benzene rings is 2. The maximum absolute atomic E-state index is 5.74. The highest BCUT2D eigenvalue weighted by atomic mass is 14.5. The zero-order chi connectivity index (χ0) is 16.7. The first-order chi connectivity index (χ1) is 11.0. The number of hydrogen-bond donors (Lipinski definition) is 1. The van der Waals surface area contributed by atoms with Crippen molar-refractivity contribution in [3.63, 3.8) is 0 Å². The molecule has 23 heavy (non-hydrogen) atoms. The Bertz CT molecular complexity index is 616. The van der Waals surface area contributed by atoms with Crippen molar-refractivity contribution in [3.05, 3.63) is 65.7 Å². The topological polar surface area (TPSA) is 26.0 Å². The molecule has 2 rings (SSSR count). The van der Waals surface area contributed by atoms with E-state index >= 15 is 0 Å². The van der Waals surface area contributed by atoms with E-state index in [2.05, 4.69) is 63.2 Å². The second kappa shape index (κ2) is 8.57. The molecule has 0 bridgehead atoms. The number of rotatable bonds is 7. The van der Waals surface area contributed by atoms with Crippen LogP contribution in [0.25, 0.3) is 11.1 Å². The number of nitrogens with two attached hydrogens (primary N) is 1. The molecule has 0 aromatic heterocycles. The van der Waals surface area contributed by atoms with Gasteiger partial charge in [0.1, 0.15) is 0 Å². The summed E-state index contributed by atoms with van der Waals surface area (Å²) in [5.74, 6) is 0.780. The summed E-state index contributed by atoms with van der Waals surface area (Å²) in [5.41, 5.74) is 11.9. The Balaban J connectivity index is 1.85. The number of aryl methyl sites for hydroxylation is 1. The minimum atomic E-state index is 0.780. The van der Waals surface area contributed by atoms with Gasteiger partial charge in [0.15, 0.2) is 0 Å². The van der Waals surface area contributed by atoms with Crippen LogP contribution in [-0.4, -0.2) is 0 Å². The van der Waals surface area contributed by atoms with Gasteiger partial charge in [-0.1, -0.05) is 55.0 Å². The lowest BCUT2D eigenvalue weighted by atomic mass is 9.95. The molecule has 0 aliphatic rings. The molecule has 0 fully saturated rings. The lowest BCUT2D eigenvalue weighted by molar-refractivity contribution is 0.497. The Hall–Kier alpha value is -2.02. The molecule has 1 unspecified atom stereocenters. The van der Waals surface area contributed by atoms with Crippen LogP contribution in [0.15, 0.2) is 60.2 Å². The normalized spacial score (nSPS) is 12.0. The van der Waals surface area contributed by atoms with Gasteiger partial charge in [0.2, 0.25) is 0 Å². The highest BCUT2D eigenvalue weighted by molar-refractivity contribution is 5.65. The van der Waals surface area contributed by atoms with Crippen molar-refractivity contribution >= 4 is 5.69 Å². The smallest absolute Gasteiger partial charge is 0.0314 e. The average molecular weight is 307 g/mol.